The highest BCUT2D eigenvalue weighted by Crippen LogP contribution is 2.16. The van der Waals surface area contributed by atoms with Crippen molar-refractivity contribution in [1.29, 1.82) is 0 Å². The van der Waals surface area contributed by atoms with Gasteiger partial charge in [0.2, 0.25) is 0 Å². The molecule has 0 aliphatic rings. The number of unbranched alkanes of at least 4 members (excludes halogenated alkanes) is 1. The van der Waals surface area contributed by atoms with Gasteiger partial charge in [0, 0.05) is 18.4 Å². The molecule has 1 aromatic rings. The van der Waals surface area contributed by atoms with Crippen LogP contribution in [0.25, 0.3) is 0 Å². The Morgan fingerprint density at radius 3 is 2.93 bits per heavy atom. The maximum Gasteiger partial charge on any atom is 0.0621 e. The lowest BCUT2D eigenvalue weighted by molar-refractivity contribution is 0.498. The van der Waals surface area contributed by atoms with E-state index in [1.165, 1.54) is 24.8 Å². The van der Waals surface area contributed by atoms with E-state index in [1.807, 2.05) is 13.1 Å². The Balaban J connectivity index is 2.54. The van der Waals surface area contributed by atoms with Gasteiger partial charge in [0.15, 0.2) is 0 Å². The van der Waals surface area contributed by atoms with Gasteiger partial charge < -0.3 is 5.32 Å². The second kappa shape index (κ2) is 6.81. The number of nitrogens with one attached hydrogen (secondary N) is 1. The zero-order valence-corrected chi connectivity index (χ0v) is 10.2. The molecule has 0 amide bonds. The molecule has 0 radical (unpaired) electrons. The van der Waals surface area contributed by atoms with Crippen molar-refractivity contribution in [2.45, 2.75) is 38.6 Å². The molecule has 0 saturated heterocycles. The number of nitrogens with zero attached hydrogens (tertiary/aromatic N) is 1. The fraction of sp³-hybridized carbons (Fsp3) is 0.583. The average Bonchev–Trinajstić information content (AvgIpc) is 2.26. The van der Waals surface area contributed by atoms with Crippen LogP contribution in [0.2, 0.25) is 5.02 Å². The van der Waals surface area contributed by atoms with Gasteiger partial charge in [-0.15, -0.1) is 0 Å². The summed E-state index contributed by atoms with van der Waals surface area (Å²) in [7, 11) is 2.01. The quantitative estimate of drug-likeness (QED) is 0.807. The Bertz CT molecular complexity index is 289. The summed E-state index contributed by atoms with van der Waals surface area (Å²) < 4.78 is 0. The van der Waals surface area contributed by atoms with E-state index < -0.39 is 0 Å². The zero-order valence-electron chi connectivity index (χ0n) is 9.46. The van der Waals surface area contributed by atoms with Gasteiger partial charge >= 0.3 is 0 Å². The van der Waals surface area contributed by atoms with Crippen molar-refractivity contribution in [3.8, 4) is 0 Å². The smallest absolute Gasteiger partial charge is 0.0621 e. The number of pyridine rings is 1. The minimum absolute atomic E-state index is 0.518. The Hall–Kier alpha value is -0.600. The molecular formula is C12H19ClN2. The van der Waals surface area contributed by atoms with Crippen molar-refractivity contribution in [2.24, 2.45) is 0 Å². The molecule has 0 aromatic carbocycles. The molecule has 2 nitrogen and oxygen atoms in total. The number of hydrogen-bond acceptors (Lipinski definition) is 2. The van der Waals surface area contributed by atoms with Crippen molar-refractivity contribution in [1.82, 2.24) is 10.3 Å². The van der Waals surface area contributed by atoms with Crippen molar-refractivity contribution in [3.63, 3.8) is 0 Å². The van der Waals surface area contributed by atoms with Crippen molar-refractivity contribution in [2.75, 3.05) is 7.05 Å². The molecule has 0 aliphatic carbocycles. The number of rotatable bonds is 6. The average molecular weight is 227 g/mol. The van der Waals surface area contributed by atoms with Crippen LogP contribution in [0.3, 0.4) is 0 Å². The van der Waals surface area contributed by atoms with E-state index in [4.69, 9.17) is 11.6 Å². The maximum atomic E-state index is 6.07. The maximum absolute atomic E-state index is 6.07. The van der Waals surface area contributed by atoms with Gasteiger partial charge in [0.25, 0.3) is 0 Å². The second-order valence-corrected chi connectivity index (χ2v) is 4.21. The van der Waals surface area contributed by atoms with Crippen LogP contribution in [0.15, 0.2) is 18.5 Å². The van der Waals surface area contributed by atoms with Gasteiger partial charge in [-0.1, -0.05) is 31.4 Å². The standard InChI is InChI=1S/C12H19ClN2/c1-3-4-5-11(14-2)8-10-6-7-15-9-12(10)13/h6-7,9,11,14H,3-5,8H2,1-2H3. The predicted octanol–water partition coefficient (Wildman–Crippen LogP) is 3.06. The Kier molecular flexibility index (Phi) is 5.66. The van der Waals surface area contributed by atoms with Crippen LogP contribution < -0.4 is 5.32 Å². The van der Waals surface area contributed by atoms with Crippen LogP contribution in [0.5, 0.6) is 0 Å². The SMILES string of the molecule is CCCCC(Cc1ccncc1Cl)NC. The van der Waals surface area contributed by atoms with Gasteiger partial charge in [0.1, 0.15) is 0 Å². The fourth-order valence-corrected chi connectivity index (χ4v) is 1.83. The van der Waals surface area contributed by atoms with Crippen molar-refractivity contribution in [3.05, 3.63) is 29.0 Å². The van der Waals surface area contributed by atoms with E-state index in [-0.39, 0.29) is 0 Å². The van der Waals surface area contributed by atoms with Crippen LogP contribution in [0, 0.1) is 0 Å². The van der Waals surface area contributed by atoms with E-state index in [2.05, 4.69) is 17.2 Å². The molecule has 0 spiro atoms. The lowest BCUT2D eigenvalue weighted by Crippen LogP contribution is -2.27. The summed E-state index contributed by atoms with van der Waals surface area (Å²) in [6.45, 7) is 2.21. The van der Waals surface area contributed by atoms with Gasteiger partial charge in [-0.3, -0.25) is 4.98 Å². The predicted molar refractivity (Wildman–Crippen MR) is 65.3 cm³/mol. The van der Waals surface area contributed by atoms with E-state index in [0.717, 1.165) is 11.4 Å². The third-order valence-corrected chi connectivity index (χ3v) is 2.98. The molecule has 1 atom stereocenters. The van der Waals surface area contributed by atoms with Gasteiger partial charge in [-0.25, -0.2) is 0 Å². The summed E-state index contributed by atoms with van der Waals surface area (Å²) in [6.07, 6.45) is 8.19. The van der Waals surface area contributed by atoms with Crippen LogP contribution in [-0.2, 0) is 6.42 Å². The molecular weight excluding hydrogens is 208 g/mol. The first-order valence-corrected chi connectivity index (χ1v) is 5.91. The Morgan fingerprint density at radius 2 is 2.33 bits per heavy atom. The first kappa shape index (κ1) is 12.5. The molecule has 1 heterocycles. The van der Waals surface area contributed by atoms with Crippen LogP contribution >= 0.6 is 11.6 Å². The molecule has 0 aliphatic heterocycles. The van der Waals surface area contributed by atoms with Crippen LogP contribution in [0.1, 0.15) is 31.7 Å². The summed E-state index contributed by atoms with van der Waals surface area (Å²) in [6, 6.07) is 2.52. The minimum Gasteiger partial charge on any atom is -0.317 e. The number of halogens is 1. The second-order valence-electron chi connectivity index (χ2n) is 3.80. The summed E-state index contributed by atoms with van der Waals surface area (Å²) >= 11 is 6.07. The first-order valence-electron chi connectivity index (χ1n) is 5.53. The summed E-state index contributed by atoms with van der Waals surface area (Å²) in [5, 5.41) is 4.11. The lowest BCUT2D eigenvalue weighted by atomic mass is 10.0. The molecule has 1 unspecified atom stereocenters. The molecule has 1 rings (SSSR count). The van der Waals surface area contributed by atoms with E-state index in [0.29, 0.717) is 6.04 Å². The third kappa shape index (κ3) is 4.18. The normalized spacial score (nSPS) is 12.7. The largest absolute Gasteiger partial charge is 0.317 e. The summed E-state index contributed by atoms with van der Waals surface area (Å²) in [5.74, 6) is 0. The minimum atomic E-state index is 0.518. The zero-order chi connectivity index (χ0) is 11.1. The molecule has 0 saturated carbocycles. The molecule has 0 bridgehead atoms. The summed E-state index contributed by atoms with van der Waals surface area (Å²) in [5.41, 5.74) is 1.18. The Labute approximate surface area is 97.1 Å². The number of likely N-dealkylation sites (N-methyl/N-ethyl adjacent to an activating group) is 1. The van der Waals surface area contributed by atoms with Gasteiger partial charge in [-0.05, 0) is 31.5 Å². The lowest BCUT2D eigenvalue weighted by Gasteiger charge is -2.16. The highest BCUT2D eigenvalue weighted by Gasteiger charge is 2.08. The summed E-state index contributed by atoms with van der Waals surface area (Å²) in [4.78, 5) is 3.99. The Morgan fingerprint density at radius 1 is 1.53 bits per heavy atom. The van der Waals surface area contributed by atoms with Crippen molar-refractivity contribution < 1.29 is 0 Å². The van der Waals surface area contributed by atoms with E-state index >= 15 is 0 Å². The number of hydrogen-bond donors (Lipinski definition) is 1. The highest BCUT2D eigenvalue weighted by molar-refractivity contribution is 6.31. The van der Waals surface area contributed by atoms with Crippen LogP contribution in [-0.4, -0.2) is 18.1 Å². The molecule has 1 N–H and O–H groups in total. The first-order chi connectivity index (χ1) is 7.27. The number of aromatic nitrogens is 1. The van der Waals surface area contributed by atoms with Gasteiger partial charge in [0.05, 0.1) is 5.02 Å². The van der Waals surface area contributed by atoms with E-state index in [1.54, 1.807) is 12.4 Å². The van der Waals surface area contributed by atoms with Gasteiger partial charge in [-0.2, -0.15) is 0 Å². The van der Waals surface area contributed by atoms with E-state index in [9.17, 15) is 0 Å². The molecule has 0 fully saturated rings. The monoisotopic (exact) mass is 226 g/mol. The molecule has 1 aromatic heterocycles. The molecule has 3 heteroatoms. The molecule has 15 heavy (non-hydrogen) atoms. The molecule has 84 valence electrons. The van der Waals surface area contributed by atoms with Crippen LogP contribution in [0.4, 0.5) is 0 Å². The topological polar surface area (TPSA) is 24.9 Å². The van der Waals surface area contributed by atoms with Crippen molar-refractivity contribution >= 4 is 11.6 Å². The third-order valence-electron chi connectivity index (χ3n) is 2.64. The highest BCUT2D eigenvalue weighted by atomic mass is 35.5. The fourth-order valence-electron chi connectivity index (χ4n) is 1.63.